The van der Waals surface area contributed by atoms with Crippen LogP contribution in [0.5, 0.6) is 5.75 Å². The maximum absolute atomic E-state index is 13.4. The third kappa shape index (κ3) is 4.71. The molecule has 0 unspecified atom stereocenters. The molecule has 2 aromatic heterocycles. The van der Waals surface area contributed by atoms with E-state index in [9.17, 15) is 14.4 Å². The van der Waals surface area contributed by atoms with Gasteiger partial charge in [-0.2, -0.15) is 0 Å². The Kier molecular flexibility index (Phi) is 7.07. The summed E-state index contributed by atoms with van der Waals surface area (Å²) in [7, 11) is 1.57. The predicted molar refractivity (Wildman–Crippen MR) is 124 cm³/mol. The highest BCUT2D eigenvalue weighted by Crippen LogP contribution is 2.27. The van der Waals surface area contributed by atoms with E-state index in [0.717, 1.165) is 18.2 Å². The van der Waals surface area contributed by atoms with Gasteiger partial charge in [0.05, 0.1) is 19.8 Å². The molecule has 0 spiro atoms. The molecule has 1 aromatic carbocycles. The van der Waals surface area contributed by atoms with Gasteiger partial charge in [-0.3, -0.25) is 19.1 Å². The van der Waals surface area contributed by atoms with Crippen LogP contribution >= 0.6 is 0 Å². The number of hydrogen-bond acceptors (Lipinski definition) is 6. The van der Waals surface area contributed by atoms with Crippen molar-refractivity contribution < 1.29 is 13.9 Å². The molecule has 3 aromatic rings. The molecule has 0 radical (unpaired) electrons. The maximum atomic E-state index is 13.4. The van der Waals surface area contributed by atoms with E-state index in [1.54, 1.807) is 19.2 Å². The molecule has 0 aliphatic carbocycles. The lowest BCUT2D eigenvalue weighted by molar-refractivity contribution is -0.118. The fraction of sp³-hybridized carbons (Fsp3) is 0.435. The first-order valence-corrected chi connectivity index (χ1v) is 10.7. The summed E-state index contributed by atoms with van der Waals surface area (Å²) >= 11 is 0. The summed E-state index contributed by atoms with van der Waals surface area (Å²) in [6, 6.07) is 5.38. The number of carbonyl (C=O) groups is 1. The number of ether oxygens (including phenoxy) is 1. The first-order valence-electron chi connectivity index (χ1n) is 10.7. The minimum atomic E-state index is -0.670. The van der Waals surface area contributed by atoms with E-state index < -0.39 is 11.2 Å². The van der Waals surface area contributed by atoms with Gasteiger partial charge in [0, 0.05) is 30.1 Å². The van der Waals surface area contributed by atoms with Crippen LogP contribution in [0.2, 0.25) is 0 Å². The van der Waals surface area contributed by atoms with Gasteiger partial charge in [0.15, 0.2) is 5.69 Å². The Morgan fingerprint density at radius 2 is 2.06 bits per heavy atom. The number of methoxy groups -OCH3 is 1. The zero-order chi connectivity index (χ0) is 23.4. The number of fused-ring (bicyclic) bond motifs is 1. The number of nitrogen functional groups attached to an aromatic ring is 1. The molecule has 0 saturated heterocycles. The number of aromatic nitrogens is 2. The normalized spacial score (nSPS) is 11.3. The second-order valence-electron chi connectivity index (χ2n) is 8.20. The number of hydrogen-bond donors (Lipinski definition) is 2. The Labute approximate surface area is 185 Å². The van der Waals surface area contributed by atoms with Gasteiger partial charge in [-0.1, -0.05) is 27.2 Å². The van der Waals surface area contributed by atoms with Crippen molar-refractivity contribution in [2.75, 3.05) is 24.3 Å². The third-order valence-electron chi connectivity index (χ3n) is 5.27. The second-order valence-corrected chi connectivity index (χ2v) is 8.20. The summed E-state index contributed by atoms with van der Waals surface area (Å²) in [5.41, 5.74) is 6.31. The van der Waals surface area contributed by atoms with Crippen LogP contribution in [0.25, 0.3) is 11.0 Å². The maximum Gasteiger partial charge on any atom is 0.330 e. The Morgan fingerprint density at radius 1 is 1.31 bits per heavy atom. The van der Waals surface area contributed by atoms with E-state index in [0.29, 0.717) is 23.4 Å². The van der Waals surface area contributed by atoms with E-state index in [1.165, 1.54) is 15.7 Å². The minimum absolute atomic E-state index is 0.00277. The third-order valence-corrected chi connectivity index (χ3v) is 5.27. The molecule has 1 amide bonds. The molecule has 0 aliphatic heterocycles. The number of carbonyl (C=O) groups excluding carboxylic acids is 1. The largest absolute Gasteiger partial charge is 0.497 e. The molecule has 0 saturated carbocycles. The lowest BCUT2D eigenvalue weighted by Gasteiger charge is -2.26. The summed E-state index contributed by atoms with van der Waals surface area (Å²) in [6.45, 7) is 6.52. The van der Waals surface area contributed by atoms with Crippen LogP contribution in [0, 0.1) is 5.92 Å². The molecule has 9 heteroatoms. The average Bonchev–Trinajstić information content (AvgIpc) is 3.14. The van der Waals surface area contributed by atoms with Gasteiger partial charge < -0.3 is 19.8 Å². The SMILES string of the molecule is CCCCn1c(N)c(N(CC(C)C)C(=O)Cc2coc3cc(OC)ccc23)c(=O)[nH]c1=O. The second kappa shape index (κ2) is 9.76. The van der Waals surface area contributed by atoms with E-state index >= 15 is 0 Å². The van der Waals surface area contributed by atoms with E-state index in [2.05, 4.69) is 4.98 Å². The summed E-state index contributed by atoms with van der Waals surface area (Å²) in [5.74, 6) is 0.414. The van der Waals surface area contributed by atoms with Crippen LogP contribution in [0.1, 0.15) is 39.2 Å². The van der Waals surface area contributed by atoms with Crippen molar-refractivity contribution in [3.63, 3.8) is 0 Å². The lowest BCUT2D eigenvalue weighted by Crippen LogP contribution is -2.43. The quantitative estimate of drug-likeness (QED) is 0.525. The molecular formula is C23H30N4O5. The Hall–Kier alpha value is -3.49. The van der Waals surface area contributed by atoms with Crippen LogP contribution in [0.15, 0.2) is 38.5 Å². The number of aromatic amines is 1. The molecule has 3 N–H and O–H groups in total. The fourth-order valence-corrected chi connectivity index (χ4v) is 3.65. The Bertz CT molecular complexity index is 1220. The number of nitrogens with two attached hydrogens (primary N) is 1. The molecular weight excluding hydrogens is 412 g/mol. The monoisotopic (exact) mass is 442 g/mol. The summed E-state index contributed by atoms with van der Waals surface area (Å²) in [6.07, 6.45) is 3.12. The number of benzene rings is 1. The van der Waals surface area contributed by atoms with E-state index in [-0.39, 0.29) is 36.3 Å². The van der Waals surface area contributed by atoms with Gasteiger partial charge in [-0.15, -0.1) is 0 Å². The molecule has 0 aliphatic rings. The number of H-pyrrole nitrogens is 1. The molecule has 0 bridgehead atoms. The van der Waals surface area contributed by atoms with Gasteiger partial charge in [0.1, 0.15) is 17.2 Å². The fourth-order valence-electron chi connectivity index (χ4n) is 3.65. The number of anilines is 2. The van der Waals surface area contributed by atoms with Gasteiger partial charge >= 0.3 is 5.69 Å². The topological polar surface area (TPSA) is 124 Å². The minimum Gasteiger partial charge on any atom is -0.497 e. The first kappa shape index (κ1) is 23.2. The van der Waals surface area contributed by atoms with E-state index in [1.807, 2.05) is 26.8 Å². The van der Waals surface area contributed by atoms with Gasteiger partial charge in [0.2, 0.25) is 5.91 Å². The molecule has 32 heavy (non-hydrogen) atoms. The first-order chi connectivity index (χ1) is 15.3. The number of nitrogens with zero attached hydrogens (tertiary/aromatic N) is 2. The van der Waals surface area contributed by atoms with Crippen LogP contribution in [0.4, 0.5) is 11.5 Å². The van der Waals surface area contributed by atoms with Crippen molar-refractivity contribution in [3.05, 3.63) is 50.9 Å². The van der Waals surface area contributed by atoms with Crippen molar-refractivity contribution in [1.82, 2.24) is 9.55 Å². The summed E-state index contributed by atoms with van der Waals surface area (Å²) < 4.78 is 12.1. The zero-order valence-corrected chi connectivity index (χ0v) is 18.9. The zero-order valence-electron chi connectivity index (χ0n) is 18.9. The van der Waals surface area contributed by atoms with E-state index in [4.69, 9.17) is 14.9 Å². The van der Waals surface area contributed by atoms with Gasteiger partial charge in [0.25, 0.3) is 5.56 Å². The molecule has 2 heterocycles. The Balaban J connectivity index is 2.01. The van der Waals surface area contributed by atoms with Crippen molar-refractivity contribution in [1.29, 1.82) is 0 Å². The molecule has 9 nitrogen and oxygen atoms in total. The molecule has 172 valence electrons. The van der Waals surface area contributed by atoms with Crippen molar-refractivity contribution in [3.8, 4) is 5.75 Å². The number of unbranched alkanes of at least 4 members (excludes halogenated alkanes) is 1. The van der Waals surface area contributed by atoms with Crippen LogP contribution < -0.4 is 26.6 Å². The highest BCUT2D eigenvalue weighted by molar-refractivity contribution is 5.99. The molecule has 0 fully saturated rings. The smallest absolute Gasteiger partial charge is 0.330 e. The number of rotatable bonds is 9. The van der Waals surface area contributed by atoms with Gasteiger partial charge in [-0.25, -0.2) is 4.79 Å². The lowest BCUT2D eigenvalue weighted by atomic mass is 10.1. The standard InChI is InChI=1S/C23H30N4O5/c1-5-6-9-26-21(24)20(22(29)25-23(26)30)27(12-14(2)3)19(28)10-15-13-32-18-11-16(31-4)7-8-17(15)18/h7-8,11,13-14H,5-6,9-10,12,24H2,1-4H3,(H,25,29,30). The molecule has 3 rings (SSSR count). The number of nitrogens with one attached hydrogen (secondary N) is 1. The molecule has 0 atom stereocenters. The predicted octanol–water partition coefficient (Wildman–Crippen LogP) is 2.91. The number of furan rings is 1. The highest BCUT2D eigenvalue weighted by atomic mass is 16.5. The highest BCUT2D eigenvalue weighted by Gasteiger charge is 2.26. The summed E-state index contributed by atoms with van der Waals surface area (Å²) in [4.78, 5) is 42.1. The van der Waals surface area contributed by atoms with Crippen molar-refractivity contribution >= 4 is 28.4 Å². The average molecular weight is 443 g/mol. The number of amides is 1. The van der Waals surface area contributed by atoms with Crippen molar-refractivity contribution in [2.45, 2.75) is 46.6 Å². The van der Waals surface area contributed by atoms with Crippen LogP contribution in [-0.2, 0) is 17.8 Å². The Morgan fingerprint density at radius 3 is 2.72 bits per heavy atom. The van der Waals surface area contributed by atoms with Crippen LogP contribution in [-0.4, -0.2) is 29.1 Å². The van der Waals surface area contributed by atoms with Crippen LogP contribution in [0.3, 0.4) is 0 Å². The summed E-state index contributed by atoms with van der Waals surface area (Å²) in [5, 5.41) is 0.790. The van der Waals surface area contributed by atoms with Crippen molar-refractivity contribution in [2.24, 2.45) is 5.92 Å². The van der Waals surface area contributed by atoms with Gasteiger partial charge in [-0.05, 0) is 24.5 Å².